The highest BCUT2D eigenvalue weighted by Crippen LogP contribution is 2.45. The second-order valence-corrected chi connectivity index (χ2v) is 8.42. The summed E-state index contributed by atoms with van der Waals surface area (Å²) in [7, 11) is 4.66. The van der Waals surface area contributed by atoms with E-state index >= 15 is 0 Å². The Kier molecular flexibility index (Phi) is 7.46. The largest absolute Gasteiger partial charge is 0.493 e. The van der Waals surface area contributed by atoms with Crippen LogP contribution in [0.15, 0.2) is 39.3 Å². The highest BCUT2D eigenvalue weighted by atomic mass is 79.9. The van der Waals surface area contributed by atoms with Crippen LogP contribution in [0, 0.1) is 0 Å². The molecule has 2 aromatic carbocycles. The van der Waals surface area contributed by atoms with E-state index in [9.17, 15) is 4.79 Å². The van der Waals surface area contributed by atoms with E-state index in [0.717, 1.165) is 5.56 Å². The molecule has 0 aliphatic carbocycles. The topological polar surface area (TPSA) is 82.6 Å². The van der Waals surface area contributed by atoms with Gasteiger partial charge in [-0.2, -0.15) is 0 Å². The van der Waals surface area contributed by atoms with Gasteiger partial charge in [0.2, 0.25) is 10.9 Å². The van der Waals surface area contributed by atoms with E-state index in [1.54, 1.807) is 45.6 Å². The number of hydrogen-bond donors (Lipinski definition) is 1. The maximum absolute atomic E-state index is 12.4. The number of nitrogens with zero attached hydrogens (tertiary/aromatic N) is 2. The lowest BCUT2D eigenvalue weighted by Crippen LogP contribution is -2.12. The molecular formula is C20H17Br2N3O4S. The van der Waals surface area contributed by atoms with Crippen LogP contribution in [0.2, 0.25) is 0 Å². The fourth-order valence-electron chi connectivity index (χ4n) is 2.58. The Morgan fingerprint density at radius 2 is 1.77 bits per heavy atom. The highest BCUT2D eigenvalue weighted by molar-refractivity contribution is 9.11. The average Bonchev–Trinajstić information content (AvgIpc) is 3.19. The SMILES string of the molecule is COc1cc(/C=C/c2nnc(NC(=O)c3ccccc3Br)s2)c(Br)c(OC)c1OC. The number of amides is 1. The minimum absolute atomic E-state index is 0.262. The Morgan fingerprint density at radius 1 is 1.03 bits per heavy atom. The third-order valence-corrected chi connectivity index (χ3v) is 6.30. The van der Waals surface area contributed by atoms with Crippen molar-refractivity contribution in [2.45, 2.75) is 0 Å². The van der Waals surface area contributed by atoms with Crippen LogP contribution in [-0.2, 0) is 0 Å². The Morgan fingerprint density at radius 3 is 2.43 bits per heavy atom. The molecule has 0 saturated heterocycles. The van der Waals surface area contributed by atoms with Crippen molar-refractivity contribution in [3.05, 3.63) is 55.4 Å². The molecule has 0 unspecified atom stereocenters. The fourth-order valence-corrected chi connectivity index (χ4v) is 4.28. The van der Waals surface area contributed by atoms with E-state index in [-0.39, 0.29) is 5.91 Å². The molecule has 0 radical (unpaired) electrons. The number of aromatic nitrogens is 2. The monoisotopic (exact) mass is 553 g/mol. The van der Waals surface area contributed by atoms with Crippen molar-refractivity contribution in [3.8, 4) is 17.2 Å². The van der Waals surface area contributed by atoms with Gasteiger partial charge < -0.3 is 14.2 Å². The lowest BCUT2D eigenvalue weighted by Gasteiger charge is -2.15. The summed E-state index contributed by atoms with van der Waals surface area (Å²) in [5.74, 6) is 1.30. The van der Waals surface area contributed by atoms with Crippen LogP contribution < -0.4 is 19.5 Å². The van der Waals surface area contributed by atoms with E-state index in [0.29, 0.717) is 41.9 Å². The summed E-state index contributed by atoms with van der Waals surface area (Å²) in [5, 5.41) is 11.9. The van der Waals surface area contributed by atoms with Gasteiger partial charge in [-0.1, -0.05) is 29.5 Å². The van der Waals surface area contributed by atoms with Crippen LogP contribution in [0.1, 0.15) is 20.9 Å². The molecule has 156 valence electrons. The number of carbonyl (C=O) groups excluding carboxylic acids is 1. The maximum Gasteiger partial charge on any atom is 0.258 e. The Bertz CT molecular complexity index is 1100. The first-order chi connectivity index (χ1) is 14.5. The summed E-state index contributed by atoms with van der Waals surface area (Å²) in [4.78, 5) is 12.4. The molecule has 7 nitrogen and oxygen atoms in total. The molecular weight excluding hydrogens is 538 g/mol. The van der Waals surface area contributed by atoms with Crippen molar-refractivity contribution in [1.29, 1.82) is 0 Å². The molecule has 0 spiro atoms. The van der Waals surface area contributed by atoms with E-state index in [1.807, 2.05) is 18.2 Å². The molecule has 3 rings (SSSR count). The second-order valence-electron chi connectivity index (χ2n) is 5.76. The van der Waals surface area contributed by atoms with E-state index in [2.05, 4.69) is 47.4 Å². The number of hydrogen-bond acceptors (Lipinski definition) is 7. The predicted molar refractivity (Wildman–Crippen MR) is 125 cm³/mol. The molecule has 0 atom stereocenters. The number of methoxy groups -OCH3 is 3. The van der Waals surface area contributed by atoms with Gasteiger partial charge in [-0.3, -0.25) is 10.1 Å². The molecule has 1 N–H and O–H groups in total. The van der Waals surface area contributed by atoms with Gasteiger partial charge in [-0.05, 0) is 61.7 Å². The van der Waals surface area contributed by atoms with Gasteiger partial charge in [0.1, 0.15) is 5.01 Å². The molecule has 30 heavy (non-hydrogen) atoms. The zero-order valence-electron chi connectivity index (χ0n) is 16.2. The zero-order valence-corrected chi connectivity index (χ0v) is 20.2. The Balaban J connectivity index is 1.81. The van der Waals surface area contributed by atoms with Crippen LogP contribution in [0.25, 0.3) is 12.2 Å². The molecule has 0 saturated carbocycles. The first-order valence-corrected chi connectivity index (χ1v) is 10.9. The lowest BCUT2D eigenvalue weighted by molar-refractivity contribution is 0.102. The van der Waals surface area contributed by atoms with Crippen molar-refractivity contribution < 1.29 is 19.0 Å². The van der Waals surface area contributed by atoms with E-state index < -0.39 is 0 Å². The quantitative estimate of drug-likeness (QED) is 0.414. The average molecular weight is 555 g/mol. The Labute approximate surface area is 194 Å². The van der Waals surface area contributed by atoms with E-state index in [4.69, 9.17) is 14.2 Å². The van der Waals surface area contributed by atoms with Crippen LogP contribution >= 0.6 is 43.2 Å². The van der Waals surface area contributed by atoms with Crippen LogP contribution in [0.4, 0.5) is 5.13 Å². The number of ether oxygens (including phenoxy) is 3. The molecule has 1 amide bonds. The van der Waals surface area contributed by atoms with Gasteiger partial charge in [0.05, 0.1) is 31.4 Å². The van der Waals surface area contributed by atoms with Crippen molar-refractivity contribution in [2.24, 2.45) is 0 Å². The Hall–Kier alpha value is -2.43. The van der Waals surface area contributed by atoms with Crippen molar-refractivity contribution in [3.63, 3.8) is 0 Å². The first-order valence-electron chi connectivity index (χ1n) is 8.54. The van der Waals surface area contributed by atoms with Gasteiger partial charge in [0, 0.05) is 4.47 Å². The van der Waals surface area contributed by atoms with Crippen LogP contribution in [0.3, 0.4) is 0 Å². The standard InChI is InChI=1S/C20H17Br2N3O4S/c1-27-14-10-11(16(22)18(29-3)17(14)28-2)8-9-15-24-25-20(30-15)23-19(26)12-6-4-5-7-13(12)21/h4-10H,1-3H3,(H,23,25,26)/b9-8+. The third-order valence-electron chi connectivity index (χ3n) is 3.98. The molecule has 1 heterocycles. The summed E-state index contributed by atoms with van der Waals surface area (Å²) in [5.41, 5.74) is 1.32. The van der Waals surface area contributed by atoms with Gasteiger partial charge in [0.25, 0.3) is 5.91 Å². The molecule has 0 aliphatic heterocycles. The van der Waals surface area contributed by atoms with Crippen LogP contribution in [-0.4, -0.2) is 37.4 Å². The third kappa shape index (κ3) is 4.82. The van der Waals surface area contributed by atoms with E-state index in [1.165, 1.54) is 11.3 Å². The van der Waals surface area contributed by atoms with Crippen molar-refractivity contribution in [1.82, 2.24) is 10.2 Å². The van der Waals surface area contributed by atoms with Crippen molar-refractivity contribution in [2.75, 3.05) is 26.6 Å². The zero-order chi connectivity index (χ0) is 21.7. The summed E-state index contributed by atoms with van der Waals surface area (Å²) >= 11 is 8.16. The van der Waals surface area contributed by atoms with Gasteiger partial charge in [-0.25, -0.2) is 0 Å². The summed E-state index contributed by atoms with van der Waals surface area (Å²) in [6.07, 6.45) is 3.63. The number of rotatable bonds is 7. The molecule has 10 heteroatoms. The molecule has 3 aromatic rings. The predicted octanol–water partition coefficient (Wildman–Crippen LogP) is 5.51. The summed E-state index contributed by atoms with van der Waals surface area (Å²) in [6, 6.07) is 8.99. The first kappa shape index (κ1) is 22.3. The van der Waals surface area contributed by atoms with Gasteiger partial charge in [-0.15, -0.1) is 10.2 Å². The minimum atomic E-state index is -0.262. The maximum atomic E-state index is 12.4. The van der Waals surface area contributed by atoms with Gasteiger partial charge in [0.15, 0.2) is 11.5 Å². The summed E-state index contributed by atoms with van der Waals surface area (Å²) in [6.45, 7) is 0. The molecule has 0 aliphatic rings. The van der Waals surface area contributed by atoms with Crippen LogP contribution in [0.5, 0.6) is 17.2 Å². The van der Waals surface area contributed by atoms with Crippen molar-refractivity contribution >= 4 is 66.4 Å². The number of carbonyl (C=O) groups is 1. The lowest BCUT2D eigenvalue weighted by atomic mass is 10.1. The molecule has 1 aromatic heterocycles. The molecule has 0 bridgehead atoms. The minimum Gasteiger partial charge on any atom is -0.493 e. The smallest absolute Gasteiger partial charge is 0.258 e. The number of anilines is 1. The number of benzene rings is 2. The normalized spacial score (nSPS) is 10.8. The second kappa shape index (κ2) is 10.1. The fraction of sp³-hybridized carbons (Fsp3) is 0.150. The summed E-state index contributed by atoms with van der Waals surface area (Å²) < 4.78 is 17.6. The molecule has 0 fully saturated rings. The number of nitrogens with one attached hydrogen (secondary N) is 1. The van der Waals surface area contributed by atoms with Gasteiger partial charge >= 0.3 is 0 Å². The highest BCUT2D eigenvalue weighted by Gasteiger charge is 2.18. The number of halogens is 2.